The average molecular weight is 338 g/mol. The van der Waals surface area contributed by atoms with Crippen LogP contribution in [0, 0.1) is 13.8 Å². The molecule has 0 aliphatic heterocycles. The first-order valence-corrected chi connectivity index (χ1v) is 8.44. The number of benzene rings is 2. The van der Waals surface area contributed by atoms with Gasteiger partial charge in [-0.3, -0.25) is 9.79 Å². The fourth-order valence-corrected chi connectivity index (χ4v) is 2.45. The number of rotatable bonds is 6. The van der Waals surface area contributed by atoms with Crippen LogP contribution in [0.25, 0.3) is 0 Å². The van der Waals surface area contributed by atoms with E-state index in [1.165, 1.54) is 11.1 Å². The molecule has 0 saturated carbocycles. The van der Waals surface area contributed by atoms with Crippen LogP contribution >= 0.6 is 0 Å². The number of hydrogen-bond acceptors (Lipinski definition) is 2. The fraction of sp³-hybridized carbons (Fsp3) is 0.300. The zero-order chi connectivity index (χ0) is 18.1. The highest BCUT2D eigenvalue weighted by Crippen LogP contribution is 2.06. The van der Waals surface area contributed by atoms with Crippen LogP contribution in [-0.2, 0) is 6.54 Å². The molecular formula is C20H26N4O. The Kier molecular flexibility index (Phi) is 7.01. The average Bonchev–Trinajstić information content (AvgIpc) is 2.62. The van der Waals surface area contributed by atoms with Gasteiger partial charge in [0.2, 0.25) is 0 Å². The Morgan fingerprint density at radius 2 is 1.72 bits per heavy atom. The van der Waals surface area contributed by atoms with Crippen molar-refractivity contribution >= 4 is 11.9 Å². The highest BCUT2D eigenvalue weighted by atomic mass is 16.1. The number of nitrogens with zero attached hydrogens (tertiary/aromatic N) is 1. The van der Waals surface area contributed by atoms with E-state index in [0.717, 1.165) is 5.56 Å². The lowest BCUT2D eigenvalue weighted by atomic mass is 10.1. The van der Waals surface area contributed by atoms with Crippen molar-refractivity contribution in [2.45, 2.75) is 20.4 Å². The Morgan fingerprint density at radius 1 is 0.960 bits per heavy atom. The first-order chi connectivity index (χ1) is 12.1. The third-order valence-electron chi connectivity index (χ3n) is 3.91. The maximum atomic E-state index is 12.1. The van der Waals surface area contributed by atoms with Crippen LogP contribution in [0.15, 0.2) is 53.5 Å². The standard InChI is InChI=1S/C20H26N4O/c1-15-7-6-10-17(13-15)19(25)22-11-12-23-20(21-3)24-14-18-9-5-4-8-16(18)2/h4-10,13H,11-12,14H2,1-3H3,(H,22,25)(H2,21,23,24). The minimum Gasteiger partial charge on any atom is -0.355 e. The molecule has 132 valence electrons. The number of nitrogens with one attached hydrogen (secondary N) is 3. The maximum Gasteiger partial charge on any atom is 0.251 e. The smallest absolute Gasteiger partial charge is 0.251 e. The van der Waals surface area contributed by atoms with Crippen LogP contribution < -0.4 is 16.0 Å². The number of carbonyl (C=O) groups is 1. The molecule has 3 N–H and O–H groups in total. The van der Waals surface area contributed by atoms with Gasteiger partial charge < -0.3 is 16.0 Å². The van der Waals surface area contributed by atoms with Crippen molar-refractivity contribution in [3.63, 3.8) is 0 Å². The first kappa shape index (κ1) is 18.5. The van der Waals surface area contributed by atoms with E-state index in [1.54, 1.807) is 7.05 Å². The second-order valence-corrected chi connectivity index (χ2v) is 5.90. The molecule has 0 unspecified atom stereocenters. The zero-order valence-corrected chi connectivity index (χ0v) is 15.1. The van der Waals surface area contributed by atoms with Crippen molar-refractivity contribution in [3.8, 4) is 0 Å². The molecule has 5 heteroatoms. The van der Waals surface area contributed by atoms with Gasteiger partial charge in [-0.1, -0.05) is 42.0 Å². The van der Waals surface area contributed by atoms with E-state index in [4.69, 9.17) is 0 Å². The van der Waals surface area contributed by atoms with E-state index in [-0.39, 0.29) is 5.91 Å². The van der Waals surface area contributed by atoms with Crippen LogP contribution in [0.2, 0.25) is 0 Å². The molecule has 0 aromatic heterocycles. The Bertz CT molecular complexity index is 740. The normalized spacial score (nSPS) is 11.1. The van der Waals surface area contributed by atoms with Crippen molar-refractivity contribution in [3.05, 3.63) is 70.8 Å². The van der Waals surface area contributed by atoms with Gasteiger partial charge in [-0.25, -0.2) is 0 Å². The topological polar surface area (TPSA) is 65.5 Å². The summed E-state index contributed by atoms with van der Waals surface area (Å²) in [7, 11) is 1.73. The lowest BCUT2D eigenvalue weighted by Crippen LogP contribution is -2.41. The molecule has 1 amide bonds. The maximum absolute atomic E-state index is 12.1. The highest BCUT2D eigenvalue weighted by molar-refractivity contribution is 5.94. The monoisotopic (exact) mass is 338 g/mol. The van der Waals surface area contributed by atoms with Crippen molar-refractivity contribution in [2.24, 2.45) is 4.99 Å². The van der Waals surface area contributed by atoms with Gasteiger partial charge in [0.25, 0.3) is 5.91 Å². The van der Waals surface area contributed by atoms with Crippen molar-refractivity contribution in [1.29, 1.82) is 0 Å². The van der Waals surface area contributed by atoms with Gasteiger partial charge in [-0.15, -0.1) is 0 Å². The fourth-order valence-electron chi connectivity index (χ4n) is 2.45. The van der Waals surface area contributed by atoms with E-state index in [1.807, 2.05) is 43.3 Å². The Hall–Kier alpha value is -2.82. The predicted molar refractivity (Wildman–Crippen MR) is 103 cm³/mol. The molecule has 25 heavy (non-hydrogen) atoms. The molecule has 2 rings (SSSR count). The van der Waals surface area contributed by atoms with Crippen molar-refractivity contribution in [2.75, 3.05) is 20.1 Å². The van der Waals surface area contributed by atoms with Gasteiger partial charge in [0.1, 0.15) is 0 Å². The number of carbonyl (C=O) groups excluding carboxylic acids is 1. The lowest BCUT2D eigenvalue weighted by Gasteiger charge is -2.13. The third kappa shape index (κ3) is 5.95. The molecule has 0 aliphatic carbocycles. The van der Waals surface area contributed by atoms with Crippen LogP contribution in [-0.4, -0.2) is 32.0 Å². The van der Waals surface area contributed by atoms with Gasteiger partial charge in [0.15, 0.2) is 5.96 Å². The summed E-state index contributed by atoms with van der Waals surface area (Å²) in [5, 5.41) is 9.39. The molecule has 0 spiro atoms. The van der Waals surface area contributed by atoms with Gasteiger partial charge >= 0.3 is 0 Å². The molecule has 5 nitrogen and oxygen atoms in total. The van der Waals surface area contributed by atoms with Gasteiger partial charge in [-0.2, -0.15) is 0 Å². The van der Waals surface area contributed by atoms with E-state index in [0.29, 0.717) is 31.2 Å². The molecule has 0 fully saturated rings. The molecule has 0 radical (unpaired) electrons. The van der Waals surface area contributed by atoms with E-state index in [9.17, 15) is 4.79 Å². The SMILES string of the molecule is CN=C(NCCNC(=O)c1cccc(C)c1)NCc1ccccc1C. The van der Waals surface area contributed by atoms with E-state index < -0.39 is 0 Å². The molecule has 0 atom stereocenters. The van der Waals surface area contributed by atoms with Crippen molar-refractivity contribution in [1.82, 2.24) is 16.0 Å². The summed E-state index contributed by atoms with van der Waals surface area (Å²) in [4.78, 5) is 16.3. The molecule has 0 aliphatic rings. The van der Waals surface area contributed by atoms with Crippen LogP contribution in [0.3, 0.4) is 0 Å². The summed E-state index contributed by atoms with van der Waals surface area (Å²) in [5.74, 6) is 0.654. The van der Waals surface area contributed by atoms with Gasteiger partial charge in [0, 0.05) is 32.2 Å². The molecule has 2 aromatic rings. The number of aliphatic imine (C=N–C) groups is 1. The van der Waals surface area contributed by atoms with Crippen LogP contribution in [0.1, 0.15) is 27.0 Å². The van der Waals surface area contributed by atoms with Gasteiger partial charge in [-0.05, 0) is 37.1 Å². The molecular weight excluding hydrogens is 312 g/mol. The second-order valence-electron chi connectivity index (χ2n) is 5.90. The van der Waals surface area contributed by atoms with Crippen LogP contribution in [0.5, 0.6) is 0 Å². The largest absolute Gasteiger partial charge is 0.355 e. The minimum atomic E-state index is -0.0617. The summed E-state index contributed by atoms with van der Waals surface area (Å²) in [6.07, 6.45) is 0. The summed E-state index contributed by atoms with van der Waals surface area (Å²) in [6, 6.07) is 15.8. The van der Waals surface area contributed by atoms with E-state index >= 15 is 0 Å². The highest BCUT2D eigenvalue weighted by Gasteiger charge is 2.05. The first-order valence-electron chi connectivity index (χ1n) is 8.44. The number of hydrogen-bond donors (Lipinski definition) is 3. The number of amides is 1. The summed E-state index contributed by atoms with van der Waals surface area (Å²) in [5.41, 5.74) is 4.24. The number of aryl methyl sites for hydroxylation is 2. The molecule has 0 saturated heterocycles. The molecule has 0 heterocycles. The summed E-state index contributed by atoms with van der Waals surface area (Å²) >= 11 is 0. The Labute approximate surface area is 149 Å². The second kappa shape index (κ2) is 9.47. The number of guanidine groups is 1. The summed E-state index contributed by atoms with van der Waals surface area (Å²) < 4.78 is 0. The van der Waals surface area contributed by atoms with Gasteiger partial charge in [0.05, 0.1) is 0 Å². The minimum absolute atomic E-state index is 0.0617. The zero-order valence-electron chi connectivity index (χ0n) is 15.1. The summed E-state index contributed by atoms with van der Waals surface area (Å²) in [6.45, 7) is 5.90. The Morgan fingerprint density at radius 3 is 2.44 bits per heavy atom. The third-order valence-corrected chi connectivity index (χ3v) is 3.91. The molecule has 0 bridgehead atoms. The van der Waals surface area contributed by atoms with Crippen molar-refractivity contribution < 1.29 is 4.79 Å². The Balaban J connectivity index is 1.72. The van der Waals surface area contributed by atoms with E-state index in [2.05, 4.69) is 40.0 Å². The van der Waals surface area contributed by atoms with Crippen LogP contribution in [0.4, 0.5) is 0 Å². The quantitative estimate of drug-likeness (QED) is 0.430. The predicted octanol–water partition coefficient (Wildman–Crippen LogP) is 2.40. The lowest BCUT2D eigenvalue weighted by molar-refractivity contribution is 0.0954. The molecule has 2 aromatic carbocycles.